The molecule has 0 fully saturated rings. The van der Waals surface area contributed by atoms with Crippen molar-refractivity contribution in [1.82, 2.24) is 4.90 Å². The van der Waals surface area contributed by atoms with Crippen molar-refractivity contribution in [1.29, 1.82) is 0 Å². The second-order valence-corrected chi connectivity index (χ2v) is 4.53. The number of benzene rings is 1. The van der Waals surface area contributed by atoms with Crippen LogP contribution in [-0.2, 0) is 0 Å². The summed E-state index contributed by atoms with van der Waals surface area (Å²) in [4.78, 5) is 13.8. The van der Waals surface area contributed by atoms with Crippen LogP contribution in [0.3, 0.4) is 0 Å². The van der Waals surface area contributed by atoms with Crippen LogP contribution < -0.4 is 0 Å². The molecule has 0 aromatic heterocycles. The lowest BCUT2D eigenvalue weighted by Gasteiger charge is -2.16. The summed E-state index contributed by atoms with van der Waals surface area (Å²) in [6.07, 6.45) is 1.42. The Morgan fingerprint density at radius 2 is 2.16 bits per heavy atom. The minimum Gasteiger partial charge on any atom is -0.395 e. The average molecular weight is 259 g/mol. The minimum atomic E-state index is 0.0415. The van der Waals surface area contributed by atoms with E-state index in [1.165, 1.54) is 0 Å². The highest BCUT2D eigenvalue weighted by atomic mass is 16.2. The maximum Gasteiger partial charge on any atom is 0.253 e. The molecule has 0 atom stereocenters. The molecule has 0 aliphatic rings. The second kappa shape index (κ2) is 7.60. The van der Waals surface area contributed by atoms with E-state index >= 15 is 0 Å². The van der Waals surface area contributed by atoms with Crippen molar-refractivity contribution < 1.29 is 9.90 Å². The highest BCUT2D eigenvalue weighted by Crippen LogP contribution is 2.12. The summed E-state index contributed by atoms with van der Waals surface area (Å²) in [5, 5.41) is 8.69. The van der Waals surface area contributed by atoms with Gasteiger partial charge in [-0.1, -0.05) is 18.8 Å². The van der Waals surface area contributed by atoms with Gasteiger partial charge in [-0.25, -0.2) is 0 Å². The molecule has 0 saturated carbocycles. The summed E-state index contributed by atoms with van der Waals surface area (Å²) in [7, 11) is 1.82. The molecule has 0 aliphatic heterocycles. The van der Waals surface area contributed by atoms with Crippen LogP contribution in [0.15, 0.2) is 18.2 Å². The highest BCUT2D eigenvalue weighted by molar-refractivity contribution is 5.94. The van der Waals surface area contributed by atoms with Crippen LogP contribution >= 0.6 is 0 Å². The Labute approximate surface area is 115 Å². The average Bonchev–Trinajstić information content (AvgIpc) is 2.40. The van der Waals surface area contributed by atoms with E-state index in [9.17, 15) is 4.79 Å². The maximum atomic E-state index is 12.1. The van der Waals surface area contributed by atoms with Gasteiger partial charge in [-0.2, -0.15) is 0 Å². The zero-order valence-electron chi connectivity index (χ0n) is 11.9. The van der Waals surface area contributed by atoms with Gasteiger partial charge in [-0.3, -0.25) is 4.79 Å². The zero-order chi connectivity index (χ0) is 14.3. The summed E-state index contributed by atoms with van der Waals surface area (Å²) in [6.45, 7) is 4.83. The van der Waals surface area contributed by atoms with Crippen molar-refractivity contribution in [3.05, 3.63) is 34.9 Å². The molecular weight excluding hydrogens is 238 g/mol. The predicted octanol–water partition coefficient (Wildman–Crippen LogP) is 2.21. The summed E-state index contributed by atoms with van der Waals surface area (Å²) in [6, 6.07) is 5.55. The summed E-state index contributed by atoms with van der Waals surface area (Å²) >= 11 is 0. The van der Waals surface area contributed by atoms with Crippen LogP contribution in [0.25, 0.3) is 0 Å². The lowest BCUT2D eigenvalue weighted by atomic mass is 10.0. The van der Waals surface area contributed by atoms with E-state index < -0.39 is 0 Å². The van der Waals surface area contributed by atoms with E-state index in [0.717, 1.165) is 24.1 Å². The summed E-state index contributed by atoms with van der Waals surface area (Å²) < 4.78 is 0. The first-order valence-corrected chi connectivity index (χ1v) is 6.56. The van der Waals surface area contributed by atoms with Crippen LogP contribution in [0.2, 0.25) is 0 Å². The van der Waals surface area contributed by atoms with E-state index in [4.69, 9.17) is 5.11 Å². The van der Waals surface area contributed by atoms with Crippen molar-refractivity contribution >= 4 is 5.91 Å². The van der Waals surface area contributed by atoms with E-state index in [-0.39, 0.29) is 12.5 Å². The fraction of sp³-hybridized carbons (Fsp3) is 0.438. The topological polar surface area (TPSA) is 40.5 Å². The molecule has 19 heavy (non-hydrogen) atoms. The molecule has 0 spiro atoms. The van der Waals surface area contributed by atoms with Crippen LogP contribution in [-0.4, -0.2) is 36.1 Å². The van der Waals surface area contributed by atoms with Crippen LogP contribution in [0.1, 0.15) is 41.3 Å². The first-order valence-electron chi connectivity index (χ1n) is 6.56. The van der Waals surface area contributed by atoms with Gasteiger partial charge in [0.1, 0.15) is 0 Å². The third-order valence-corrected chi connectivity index (χ3v) is 2.84. The van der Waals surface area contributed by atoms with Gasteiger partial charge in [0.15, 0.2) is 0 Å². The number of amides is 1. The molecule has 102 valence electrons. The molecular formula is C16H21NO2. The van der Waals surface area contributed by atoms with Crippen molar-refractivity contribution in [2.24, 2.45) is 0 Å². The van der Waals surface area contributed by atoms with Gasteiger partial charge >= 0.3 is 0 Å². The third-order valence-electron chi connectivity index (χ3n) is 2.84. The molecule has 0 aliphatic carbocycles. The molecule has 0 bridgehead atoms. The molecule has 0 saturated heterocycles. The largest absolute Gasteiger partial charge is 0.395 e. The first kappa shape index (κ1) is 15.3. The molecule has 0 unspecified atom stereocenters. The number of aliphatic hydroxyl groups excluding tert-OH is 1. The van der Waals surface area contributed by atoms with Crippen molar-refractivity contribution in [2.75, 3.05) is 20.2 Å². The van der Waals surface area contributed by atoms with Crippen LogP contribution in [0.5, 0.6) is 0 Å². The molecule has 1 rings (SSSR count). The smallest absolute Gasteiger partial charge is 0.253 e. The molecule has 0 radical (unpaired) electrons. The van der Waals surface area contributed by atoms with E-state index in [1.54, 1.807) is 4.90 Å². The molecule has 1 amide bonds. The van der Waals surface area contributed by atoms with Gasteiger partial charge in [0.25, 0.3) is 5.91 Å². The Balaban J connectivity index is 2.88. The molecule has 0 heterocycles. The Kier molecular flexibility index (Phi) is 6.11. The van der Waals surface area contributed by atoms with Crippen LogP contribution in [0, 0.1) is 18.8 Å². The second-order valence-electron chi connectivity index (χ2n) is 4.53. The van der Waals surface area contributed by atoms with Crippen molar-refractivity contribution in [3.8, 4) is 11.8 Å². The monoisotopic (exact) mass is 259 g/mol. The number of carbonyl (C=O) groups is 1. The lowest BCUT2D eigenvalue weighted by molar-refractivity contribution is 0.0795. The Bertz CT molecular complexity index is 497. The number of nitrogens with zero attached hydrogens (tertiary/aromatic N) is 1. The van der Waals surface area contributed by atoms with Gasteiger partial charge in [-0.05, 0) is 37.1 Å². The van der Waals surface area contributed by atoms with E-state index in [1.807, 2.05) is 32.2 Å². The minimum absolute atomic E-state index is 0.0415. The zero-order valence-corrected chi connectivity index (χ0v) is 11.9. The standard InChI is InChI=1S/C16H21NO2/c1-4-10-17(3)16(19)15-9-8-14(13(2)12-15)7-5-6-11-18/h8-9,12,18H,4,6,10-11H2,1-3H3. The third kappa shape index (κ3) is 4.42. The predicted molar refractivity (Wildman–Crippen MR) is 77.0 cm³/mol. The quantitative estimate of drug-likeness (QED) is 0.842. The van der Waals surface area contributed by atoms with Gasteiger partial charge in [0.05, 0.1) is 6.61 Å². The fourth-order valence-corrected chi connectivity index (χ4v) is 1.81. The molecule has 1 aromatic rings. The molecule has 3 heteroatoms. The highest BCUT2D eigenvalue weighted by Gasteiger charge is 2.11. The van der Waals surface area contributed by atoms with E-state index in [2.05, 4.69) is 18.8 Å². The van der Waals surface area contributed by atoms with Crippen molar-refractivity contribution in [3.63, 3.8) is 0 Å². The van der Waals surface area contributed by atoms with Gasteiger partial charge < -0.3 is 10.0 Å². The van der Waals surface area contributed by atoms with Gasteiger partial charge in [0, 0.05) is 31.1 Å². The summed E-state index contributed by atoms with van der Waals surface area (Å²) in [5.41, 5.74) is 2.59. The number of rotatable bonds is 4. The Morgan fingerprint density at radius 3 is 2.74 bits per heavy atom. The Hall–Kier alpha value is -1.79. The van der Waals surface area contributed by atoms with E-state index in [0.29, 0.717) is 12.0 Å². The summed E-state index contributed by atoms with van der Waals surface area (Å²) in [5.74, 6) is 5.93. The van der Waals surface area contributed by atoms with Gasteiger partial charge in [0.2, 0.25) is 0 Å². The van der Waals surface area contributed by atoms with Crippen molar-refractivity contribution in [2.45, 2.75) is 26.7 Å². The maximum absolute atomic E-state index is 12.1. The number of carbonyl (C=O) groups excluding carboxylic acids is 1. The number of aliphatic hydroxyl groups is 1. The molecule has 1 N–H and O–H groups in total. The molecule has 1 aromatic carbocycles. The lowest BCUT2D eigenvalue weighted by Crippen LogP contribution is -2.27. The SMILES string of the molecule is CCCN(C)C(=O)c1ccc(C#CCCO)c(C)c1. The Morgan fingerprint density at radius 1 is 1.42 bits per heavy atom. The van der Waals surface area contributed by atoms with Gasteiger partial charge in [-0.15, -0.1) is 0 Å². The number of hydrogen-bond acceptors (Lipinski definition) is 2. The van der Waals surface area contributed by atoms with Crippen LogP contribution in [0.4, 0.5) is 0 Å². The fourth-order valence-electron chi connectivity index (χ4n) is 1.81. The number of hydrogen-bond donors (Lipinski definition) is 1. The normalized spacial score (nSPS) is 9.68. The molecule has 3 nitrogen and oxygen atoms in total. The first-order chi connectivity index (χ1) is 9.10. The number of aryl methyl sites for hydroxylation is 1.